The number of Topliss-reactive ketones (excluding diaryl/α,β-unsaturated/α-hetero) is 1. The summed E-state index contributed by atoms with van der Waals surface area (Å²) in [7, 11) is 0. The van der Waals surface area contributed by atoms with Crippen molar-refractivity contribution in [2.75, 3.05) is 13.2 Å². The van der Waals surface area contributed by atoms with E-state index < -0.39 is 29.2 Å². The number of ketones is 1. The van der Waals surface area contributed by atoms with Gasteiger partial charge in [-0.05, 0) is 60.1 Å². The minimum absolute atomic E-state index is 0.00989. The average molecular weight is 477 g/mol. The summed E-state index contributed by atoms with van der Waals surface area (Å²) in [5, 5.41) is 10.4. The minimum Gasteiger partial charge on any atom is -0.396 e. The molecule has 1 spiro atoms. The van der Waals surface area contributed by atoms with Gasteiger partial charge >= 0.3 is 0 Å². The van der Waals surface area contributed by atoms with E-state index in [0.717, 1.165) is 24.0 Å². The number of hydrogen-bond donors (Lipinski definition) is 2. The highest BCUT2D eigenvalue weighted by molar-refractivity contribution is 6.31. The third-order valence-corrected chi connectivity index (χ3v) is 8.21. The minimum atomic E-state index is -1.12. The number of aliphatic hydroxyl groups is 1. The van der Waals surface area contributed by atoms with Crippen LogP contribution in [0.2, 0.25) is 10.0 Å². The van der Waals surface area contributed by atoms with Gasteiger partial charge < -0.3 is 10.8 Å². The molecule has 3 aliphatic rings. The molecule has 0 radical (unpaired) electrons. The summed E-state index contributed by atoms with van der Waals surface area (Å²) in [6.45, 7) is 2.52. The molecule has 7 heteroatoms. The Hall–Kier alpha value is -1.50. The Morgan fingerprint density at radius 2 is 1.97 bits per heavy atom. The Morgan fingerprint density at radius 1 is 1.22 bits per heavy atom. The number of likely N-dealkylation sites (tertiary alicyclic amines) is 1. The Bertz CT molecular complexity index is 1080. The maximum Gasteiger partial charge on any atom is 0.165 e. The van der Waals surface area contributed by atoms with E-state index in [9.17, 15) is 9.90 Å². The summed E-state index contributed by atoms with van der Waals surface area (Å²) in [4.78, 5) is 16.4. The number of nitrogens with zero attached hydrogens (tertiary/aromatic N) is 1. The van der Waals surface area contributed by atoms with Crippen LogP contribution < -0.4 is 5.73 Å². The van der Waals surface area contributed by atoms with Crippen LogP contribution in [0.3, 0.4) is 0 Å². The van der Waals surface area contributed by atoms with Gasteiger partial charge in [-0.2, -0.15) is 0 Å². The van der Waals surface area contributed by atoms with E-state index in [-0.39, 0.29) is 23.5 Å². The van der Waals surface area contributed by atoms with Crippen molar-refractivity contribution in [3.8, 4) is 0 Å². The average Bonchev–Trinajstić information content (AvgIpc) is 3.53. The smallest absolute Gasteiger partial charge is 0.165 e. The first-order valence-electron chi connectivity index (χ1n) is 11.2. The molecule has 32 heavy (non-hydrogen) atoms. The van der Waals surface area contributed by atoms with Gasteiger partial charge in [0, 0.05) is 42.1 Å². The van der Waals surface area contributed by atoms with E-state index in [1.54, 1.807) is 18.2 Å². The zero-order valence-electron chi connectivity index (χ0n) is 17.9. The van der Waals surface area contributed by atoms with E-state index in [1.165, 1.54) is 6.07 Å². The summed E-state index contributed by atoms with van der Waals surface area (Å²) in [6.07, 6.45) is 2.61. The van der Waals surface area contributed by atoms with Crippen molar-refractivity contribution in [3.05, 3.63) is 69.0 Å². The number of halogens is 3. The number of aliphatic hydroxyl groups excluding tert-OH is 1. The monoisotopic (exact) mass is 476 g/mol. The molecule has 0 bridgehead atoms. The molecule has 3 N–H and O–H groups in total. The van der Waals surface area contributed by atoms with Crippen molar-refractivity contribution in [2.24, 2.45) is 11.7 Å². The molecule has 0 aromatic heterocycles. The van der Waals surface area contributed by atoms with Crippen LogP contribution in [0.15, 0.2) is 36.4 Å². The van der Waals surface area contributed by atoms with Crippen molar-refractivity contribution in [1.82, 2.24) is 4.90 Å². The molecule has 1 unspecified atom stereocenters. The molecule has 5 atom stereocenters. The molecule has 2 fully saturated rings. The first-order valence-corrected chi connectivity index (χ1v) is 12.0. The van der Waals surface area contributed by atoms with Crippen LogP contribution in [0.4, 0.5) is 4.39 Å². The van der Waals surface area contributed by atoms with Gasteiger partial charge in [-0.15, -0.1) is 0 Å². The van der Waals surface area contributed by atoms with Crippen molar-refractivity contribution in [1.29, 1.82) is 0 Å². The van der Waals surface area contributed by atoms with Gasteiger partial charge in [-0.3, -0.25) is 9.69 Å². The number of carbonyl (C=O) groups is 1. The predicted molar refractivity (Wildman–Crippen MR) is 124 cm³/mol. The second kappa shape index (κ2) is 8.07. The molecule has 1 heterocycles. The summed E-state index contributed by atoms with van der Waals surface area (Å²) in [6, 6.07) is 9.63. The lowest BCUT2D eigenvalue weighted by Crippen LogP contribution is -2.52. The fourth-order valence-corrected chi connectivity index (χ4v) is 6.50. The van der Waals surface area contributed by atoms with E-state index in [4.69, 9.17) is 28.9 Å². The first kappa shape index (κ1) is 22.3. The molecule has 2 aliphatic carbocycles. The van der Waals surface area contributed by atoms with Crippen molar-refractivity contribution in [3.63, 3.8) is 0 Å². The van der Waals surface area contributed by atoms with Gasteiger partial charge in [0.25, 0.3) is 0 Å². The lowest BCUT2D eigenvalue weighted by atomic mass is 9.72. The predicted octanol–water partition coefficient (Wildman–Crippen LogP) is 4.60. The van der Waals surface area contributed by atoms with Gasteiger partial charge in [0.05, 0.1) is 5.02 Å². The highest BCUT2D eigenvalue weighted by atomic mass is 35.5. The van der Waals surface area contributed by atoms with Crippen LogP contribution >= 0.6 is 23.2 Å². The van der Waals surface area contributed by atoms with Crippen LogP contribution in [0, 0.1) is 11.7 Å². The molecule has 0 amide bonds. The molecule has 4 nitrogen and oxygen atoms in total. The molecule has 2 aromatic rings. The topological polar surface area (TPSA) is 66.6 Å². The lowest BCUT2D eigenvalue weighted by Gasteiger charge is -2.41. The number of nitrogens with two attached hydrogens (primary N) is 1. The highest BCUT2D eigenvalue weighted by Crippen LogP contribution is 2.60. The molecule has 1 saturated heterocycles. The van der Waals surface area contributed by atoms with Gasteiger partial charge in [0.2, 0.25) is 0 Å². The van der Waals surface area contributed by atoms with Gasteiger partial charge in [-0.25, -0.2) is 4.39 Å². The second-order valence-electron chi connectivity index (χ2n) is 9.46. The first-order chi connectivity index (χ1) is 15.3. The molecule has 1 saturated carbocycles. The van der Waals surface area contributed by atoms with Crippen molar-refractivity contribution < 1.29 is 14.3 Å². The van der Waals surface area contributed by atoms with Gasteiger partial charge in [0.15, 0.2) is 5.78 Å². The molecule has 2 aromatic carbocycles. The maximum atomic E-state index is 15.5. The quantitative estimate of drug-likeness (QED) is 0.661. The summed E-state index contributed by atoms with van der Waals surface area (Å²) in [5.74, 6) is -1.07. The number of benzene rings is 2. The van der Waals surface area contributed by atoms with Crippen LogP contribution in [0.5, 0.6) is 0 Å². The maximum absolute atomic E-state index is 15.5. The van der Waals surface area contributed by atoms with Crippen LogP contribution in [-0.4, -0.2) is 41.0 Å². The zero-order chi connectivity index (χ0) is 22.8. The summed E-state index contributed by atoms with van der Waals surface area (Å²) in [5.41, 5.74) is 7.81. The highest BCUT2D eigenvalue weighted by Gasteiger charge is 2.67. The van der Waals surface area contributed by atoms with Crippen LogP contribution in [0.1, 0.15) is 54.7 Å². The van der Waals surface area contributed by atoms with Crippen LogP contribution in [0.25, 0.3) is 0 Å². The van der Waals surface area contributed by atoms with Crippen LogP contribution in [-0.2, 0) is 10.3 Å². The largest absolute Gasteiger partial charge is 0.396 e. The normalized spacial score (nSPS) is 32.1. The van der Waals surface area contributed by atoms with Gasteiger partial charge in [-0.1, -0.05) is 48.3 Å². The molecular formula is C25H27Cl2FN2O2. The third-order valence-electron chi connectivity index (χ3n) is 7.69. The molecule has 5 rings (SSSR count). The summed E-state index contributed by atoms with van der Waals surface area (Å²) >= 11 is 12.5. The van der Waals surface area contributed by atoms with E-state index in [1.807, 2.05) is 19.1 Å². The summed E-state index contributed by atoms with van der Waals surface area (Å²) < 4.78 is 15.5. The fraction of sp³-hybridized carbons (Fsp3) is 0.480. The Labute approximate surface area is 197 Å². The second-order valence-corrected chi connectivity index (χ2v) is 10.3. The van der Waals surface area contributed by atoms with E-state index >= 15 is 4.39 Å². The number of hydrogen-bond acceptors (Lipinski definition) is 4. The van der Waals surface area contributed by atoms with Crippen molar-refractivity contribution in [2.45, 2.75) is 55.6 Å². The Balaban J connectivity index is 1.80. The van der Waals surface area contributed by atoms with Gasteiger partial charge in [0.1, 0.15) is 11.4 Å². The van der Waals surface area contributed by atoms with E-state index in [0.29, 0.717) is 29.5 Å². The Kier molecular flexibility index (Phi) is 5.62. The molecular weight excluding hydrogens is 450 g/mol. The number of fused-ring (bicyclic) bond motifs is 2. The fourth-order valence-electron chi connectivity index (χ4n) is 6.14. The number of rotatable bonds is 5. The van der Waals surface area contributed by atoms with E-state index in [2.05, 4.69) is 4.90 Å². The molecule has 1 aliphatic heterocycles. The number of carbonyl (C=O) groups excluding carboxylic acids is 1. The standard InChI is InChI=1S/C25H27Cl2FN2O2/c1-13-17-11-15(26)7-8-18(17)25(24(13)32)21(16-3-2-4-19(27)22(16)28)23(29)20(9-10-31)30(25)12-14-5-6-14/h2-4,7-8,11,13-14,20-21,23,31H,5-6,9-10,12,29H2,1H3/t13?,20-,21-,23+,25+/m0/s1. The zero-order valence-corrected chi connectivity index (χ0v) is 19.4. The lowest BCUT2D eigenvalue weighted by molar-refractivity contribution is -0.131. The third kappa shape index (κ3) is 3.09. The molecule has 170 valence electrons. The SMILES string of the molecule is CC1C(=O)[C@@]2(c3ccc(Cl)cc31)[C@@H](c1cccc(Cl)c1F)[C@H](N)[C@H](CCO)N2CC1CC1. The Morgan fingerprint density at radius 3 is 2.66 bits per heavy atom. The van der Waals surface area contributed by atoms with Crippen molar-refractivity contribution >= 4 is 29.0 Å².